The standard InChI is InChI=1S/C19H22ClNO5S2/c1-13-10-18(26-3)19(11-14(13)2)28(24,25)21-9-8-17(12-21)27(22,23)16-6-4-15(20)5-7-16/h4-7,10-11,17H,8-9,12H2,1-3H3. The Balaban J connectivity index is 1.91. The summed E-state index contributed by atoms with van der Waals surface area (Å²) in [6, 6.07) is 9.17. The van der Waals surface area contributed by atoms with Crippen LogP contribution in [0, 0.1) is 13.8 Å². The van der Waals surface area contributed by atoms with E-state index in [4.69, 9.17) is 16.3 Å². The molecule has 1 aliphatic rings. The predicted octanol–water partition coefficient (Wildman–Crippen LogP) is 3.20. The highest BCUT2D eigenvalue weighted by Gasteiger charge is 2.40. The maximum atomic E-state index is 13.2. The molecule has 6 nitrogen and oxygen atoms in total. The van der Waals surface area contributed by atoms with Crippen molar-refractivity contribution in [2.75, 3.05) is 20.2 Å². The van der Waals surface area contributed by atoms with Gasteiger partial charge in [0.2, 0.25) is 10.0 Å². The van der Waals surface area contributed by atoms with E-state index >= 15 is 0 Å². The van der Waals surface area contributed by atoms with Gasteiger partial charge in [0.05, 0.1) is 17.3 Å². The van der Waals surface area contributed by atoms with E-state index in [9.17, 15) is 16.8 Å². The molecule has 3 rings (SSSR count). The second-order valence-corrected chi connectivity index (χ2v) is 11.4. The van der Waals surface area contributed by atoms with Gasteiger partial charge in [-0.25, -0.2) is 16.8 Å². The third-order valence-corrected chi connectivity index (χ3v) is 9.42. The number of rotatable bonds is 5. The SMILES string of the molecule is COc1cc(C)c(C)cc1S(=O)(=O)N1CCC(S(=O)(=O)c2ccc(Cl)cc2)C1. The second kappa shape index (κ2) is 7.67. The van der Waals surface area contributed by atoms with E-state index in [-0.39, 0.29) is 35.1 Å². The van der Waals surface area contributed by atoms with Crippen molar-refractivity contribution in [2.24, 2.45) is 0 Å². The largest absolute Gasteiger partial charge is 0.495 e. The first kappa shape index (κ1) is 21.1. The average molecular weight is 444 g/mol. The Kier molecular flexibility index (Phi) is 5.78. The molecule has 1 saturated heterocycles. The minimum absolute atomic E-state index is 0.0580. The first-order chi connectivity index (χ1) is 13.1. The van der Waals surface area contributed by atoms with Crippen LogP contribution in [0.5, 0.6) is 5.75 Å². The molecular weight excluding hydrogens is 422 g/mol. The van der Waals surface area contributed by atoms with Crippen LogP contribution in [-0.2, 0) is 19.9 Å². The number of halogens is 1. The molecule has 0 amide bonds. The van der Waals surface area contributed by atoms with Gasteiger partial charge in [0.15, 0.2) is 9.84 Å². The number of hydrogen-bond acceptors (Lipinski definition) is 5. The number of benzene rings is 2. The topological polar surface area (TPSA) is 80.8 Å². The van der Waals surface area contributed by atoms with E-state index in [0.29, 0.717) is 5.02 Å². The van der Waals surface area contributed by atoms with Crippen molar-refractivity contribution in [3.8, 4) is 5.75 Å². The molecule has 0 N–H and O–H groups in total. The number of methoxy groups -OCH3 is 1. The first-order valence-corrected chi connectivity index (χ1v) is 12.1. The lowest BCUT2D eigenvalue weighted by molar-refractivity contribution is 0.398. The zero-order chi connectivity index (χ0) is 20.7. The van der Waals surface area contributed by atoms with E-state index in [0.717, 1.165) is 11.1 Å². The van der Waals surface area contributed by atoms with Gasteiger partial charge in [-0.1, -0.05) is 11.6 Å². The van der Waals surface area contributed by atoms with Gasteiger partial charge in [0.25, 0.3) is 0 Å². The summed E-state index contributed by atoms with van der Waals surface area (Å²) in [7, 11) is -6.12. The molecule has 152 valence electrons. The molecule has 1 aliphatic heterocycles. The van der Waals surface area contributed by atoms with Crippen LogP contribution in [0.15, 0.2) is 46.2 Å². The number of sulfonamides is 1. The molecule has 0 aromatic heterocycles. The summed E-state index contributed by atoms with van der Waals surface area (Å²) in [5.41, 5.74) is 1.74. The zero-order valence-corrected chi connectivity index (χ0v) is 18.2. The van der Waals surface area contributed by atoms with Gasteiger partial charge in [-0.05, 0) is 67.8 Å². The van der Waals surface area contributed by atoms with Crippen molar-refractivity contribution in [1.29, 1.82) is 0 Å². The summed E-state index contributed by atoms with van der Waals surface area (Å²) in [5, 5.41) is -0.364. The van der Waals surface area contributed by atoms with E-state index in [2.05, 4.69) is 0 Å². The van der Waals surface area contributed by atoms with Crippen LogP contribution in [0.3, 0.4) is 0 Å². The highest BCUT2D eigenvalue weighted by atomic mass is 35.5. The van der Waals surface area contributed by atoms with E-state index in [1.165, 1.54) is 35.7 Å². The van der Waals surface area contributed by atoms with Crippen molar-refractivity contribution < 1.29 is 21.6 Å². The van der Waals surface area contributed by atoms with Crippen molar-refractivity contribution in [3.05, 3.63) is 52.5 Å². The van der Waals surface area contributed by atoms with Gasteiger partial charge in [-0.3, -0.25) is 0 Å². The molecule has 0 spiro atoms. The summed E-state index contributed by atoms with van der Waals surface area (Å²) in [5.74, 6) is 0.257. The first-order valence-electron chi connectivity index (χ1n) is 8.72. The molecule has 0 radical (unpaired) electrons. The zero-order valence-electron chi connectivity index (χ0n) is 15.8. The Hall–Kier alpha value is -1.61. The summed E-state index contributed by atoms with van der Waals surface area (Å²) in [4.78, 5) is 0.201. The number of nitrogens with zero attached hydrogens (tertiary/aromatic N) is 1. The highest BCUT2D eigenvalue weighted by Crippen LogP contribution is 2.33. The minimum atomic E-state index is -3.88. The summed E-state index contributed by atoms with van der Waals surface area (Å²) in [6.45, 7) is 3.74. The third-order valence-electron chi connectivity index (χ3n) is 5.09. The fourth-order valence-corrected chi connectivity index (χ4v) is 6.88. The molecule has 9 heteroatoms. The number of aryl methyl sites for hydroxylation is 2. The lowest BCUT2D eigenvalue weighted by Gasteiger charge is -2.19. The normalized spacial score (nSPS) is 18.4. The third kappa shape index (κ3) is 3.78. The van der Waals surface area contributed by atoms with Gasteiger partial charge < -0.3 is 4.74 Å². The molecule has 0 aliphatic carbocycles. The molecule has 1 fully saturated rings. The molecular formula is C19H22ClNO5S2. The fourth-order valence-electron chi connectivity index (χ4n) is 3.25. The van der Waals surface area contributed by atoms with Crippen LogP contribution < -0.4 is 4.74 Å². The maximum absolute atomic E-state index is 13.2. The van der Waals surface area contributed by atoms with Gasteiger partial charge >= 0.3 is 0 Å². The lowest BCUT2D eigenvalue weighted by atomic mass is 10.1. The number of hydrogen-bond donors (Lipinski definition) is 0. The Morgan fingerprint density at radius 1 is 1.04 bits per heavy atom. The number of ether oxygens (including phenoxy) is 1. The van der Waals surface area contributed by atoms with Gasteiger partial charge in [0.1, 0.15) is 10.6 Å². The van der Waals surface area contributed by atoms with Gasteiger partial charge in [-0.2, -0.15) is 4.31 Å². The van der Waals surface area contributed by atoms with Crippen LogP contribution >= 0.6 is 11.6 Å². The maximum Gasteiger partial charge on any atom is 0.246 e. The lowest BCUT2D eigenvalue weighted by Crippen LogP contribution is -2.32. The molecule has 28 heavy (non-hydrogen) atoms. The van der Waals surface area contributed by atoms with Crippen LogP contribution in [-0.4, -0.2) is 46.6 Å². The van der Waals surface area contributed by atoms with Gasteiger partial charge in [0, 0.05) is 18.1 Å². The van der Waals surface area contributed by atoms with Crippen molar-refractivity contribution in [1.82, 2.24) is 4.31 Å². The van der Waals surface area contributed by atoms with E-state index in [1.54, 1.807) is 12.1 Å². The van der Waals surface area contributed by atoms with Crippen LogP contribution in [0.2, 0.25) is 5.02 Å². The quantitative estimate of drug-likeness (QED) is 0.708. The van der Waals surface area contributed by atoms with Crippen molar-refractivity contribution in [2.45, 2.75) is 35.3 Å². The molecule has 0 bridgehead atoms. The molecule has 1 heterocycles. The van der Waals surface area contributed by atoms with Crippen molar-refractivity contribution >= 4 is 31.5 Å². The Bertz CT molecular complexity index is 1100. The Labute approximate surface area is 171 Å². The molecule has 1 atom stereocenters. The molecule has 2 aromatic carbocycles. The Morgan fingerprint density at radius 3 is 2.25 bits per heavy atom. The predicted molar refractivity (Wildman–Crippen MR) is 108 cm³/mol. The van der Waals surface area contributed by atoms with E-state index in [1.807, 2.05) is 13.8 Å². The smallest absolute Gasteiger partial charge is 0.246 e. The monoisotopic (exact) mass is 443 g/mol. The summed E-state index contributed by atoms with van der Waals surface area (Å²) >= 11 is 5.83. The molecule has 1 unspecified atom stereocenters. The van der Waals surface area contributed by atoms with Gasteiger partial charge in [-0.15, -0.1) is 0 Å². The van der Waals surface area contributed by atoms with Crippen LogP contribution in [0.25, 0.3) is 0 Å². The van der Waals surface area contributed by atoms with Crippen molar-refractivity contribution in [3.63, 3.8) is 0 Å². The summed E-state index contributed by atoms with van der Waals surface area (Å²) in [6.07, 6.45) is 0.233. The van der Waals surface area contributed by atoms with Crippen LogP contribution in [0.4, 0.5) is 0 Å². The van der Waals surface area contributed by atoms with E-state index < -0.39 is 25.1 Å². The minimum Gasteiger partial charge on any atom is -0.495 e. The van der Waals surface area contributed by atoms with Crippen LogP contribution in [0.1, 0.15) is 17.5 Å². The summed E-state index contributed by atoms with van der Waals surface area (Å²) < 4.78 is 58.6. The Morgan fingerprint density at radius 2 is 1.64 bits per heavy atom. The second-order valence-electron chi connectivity index (χ2n) is 6.86. The molecule has 0 saturated carbocycles. The fraction of sp³-hybridized carbons (Fsp3) is 0.368. The number of sulfone groups is 1. The highest BCUT2D eigenvalue weighted by molar-refractivity contribution is 7.92. The average Bonchev–Trinajstić information content (AvgIpc) is 3.15. The molecule has 2 aromatic rings.